The van der Waals surface area contributed by atoms with Crippen molar-refractivity contribution in [1.82, 2.24) is 14.7 Å². The predicted octanol–water partition coefficient (Wildman–Crippen LogP) is 1.61. The van der Waals surface area contributed by atoms with Crippen LogP contribution in [-0.4, -0.2) is 78.9 Å². The topological polar surface area (TPSA) is 53.1 Å². The first-order valence-electron chi connectivity index (χ1n) is 9.19. The third-order valence-electron chi connectivity index (χ3n) is 4.57. The maximum atomic E-state index is 13.1. The molecule has 0 atom stereocenters. The van der Waals surface area contributed by atoms with Gasteiger partial charge in [-0.25, -0.2) is 4.39 Å². The summed E-state index contributed by atoms with van der Waals surface area (Å²) in [6.45, 7) is 8.33. The number of amides is 2. The number of halogens is 1. The Kier molecular flexibility index (Phi) is 7.84. The molecule has 1 heterocycles. The van der Waals surface area contributed by atoms with Crippen molar-refractivity contribution in [2.45, 2.75) is 20.3 Å². The van der Waals surface area contributed by atoms with Gasteiger partial charge in [0.15, 0.2) is 6.61 Å². The molecule has 0 radical (unpaired) electrons. The van der Waals surface area contributed by atoms with E-state index < -0.39 is 5.82 Å². The van der Waals surface area contributed by atoms with Gasteiger partial charge in [0.2, 0.25) is 5.91 Å². The van der Waals surface area contributed by atoms with Gasteiger partial charge in [-0.1, -0.05) is 6.07 Å². The molecule has 0 bridgehead atoms. The van der Waals surface area contributed by atoms with Crippen LogP contribution >= 0.6 is 0 Å². The third kappa shape index (κ3) is 5.98. The molecule has 2 rings (SSSR count). The number of hydrogen-bond donors (Lipinski definition) is 0. The smallest absolute Gasteiger partial charge is 0.260 e. The van der Waals surface area contributed by atoms with E-state index in [-0.39, 0.29) is 18.4 Å². The van der Waals surface area contributed by atoms with Crippen LogP contribution < -0.4 is 4.74 Å². The zero-order valence-corrected chi connectivity index (χ0v) is 15.6. The Labute approximate surface area is 154 Å². The summed E-state index contributed by atoms with van der Waals surface area (Å²) in [5.74, 6) is -0.0340. The molecule has 0 spiro atoms. The summed E-state index contributed by atoms with van der Waals surface area (Å²) in [4.78, 5) is 30.3. The first kappa shape index (κ1) is 20.2. The summed E-state index contributed by atoms with van der Waals surface area (Å²) >= 11 is 0. The van der Waals surface area contributed by atoms with Crippen LogP contribution in [0.3, 0.4) is 0 Å². The number of ether oxygens (including phenoxy) is 1. The summed E-state index contributed by atoms with van der Waals surface area (Å²) in [6.07, 6.45) is 0.817. The summed E-state index contributed by atoms with van der Waals surface area (Å²) in [5.41, 5.74) is 0. The van der Waals surface area contributed by atoms with Crippen molar-refractivity contribution >= 4 is 11.8 Å². The number of benzene rings is 1. The van der Waals surface area contributed by atoms with Crippen molar-refractivity contribution < 1.29 is 18.7 Å². The van der Waals surface area contributed by atoms with Crippen molar-refractivity contribution in [3.05, 3.63) is 30.1 Å². The Morgan fingerprint density at radius 1 is 1.15 bits per heavy atom. The second kappa shape index (κ2) is 10.1. The van der Waals surface area contributed by atoms with Gasteiger partial charge in [0, 0.05) is 45.3 Å². The van der Waals surface area contributed by atoms with Crippen LogP contribution in [0.2, 0.25) is 0 Å². The minimum Gasteiger partial charge on any atom is -0.484 e. The van der Waals surface area contributed by atoms with Crippen LogP contribution in [0.4, 0.5) is 4.39 Å². The molecule has 2 amide bonds. The van der Waals surface area contributed by atoms with E-state index in [1.807, 2.05) is 18.7 Å². The highest BCUT2D eigenvalue weighted by atomic mass is 19.1. The van der Waals surface area contributed by atoms with Gasteiger partial charge >= 0.3 is 0 Å². The van der Waals surface area contributed by atoms with E-state index in [1.165, 1.54) is 12.1 Å². The quantitative estimate of drug-likeness (QED) is 0.737. The van der Waals surface area contributed by atoms with Gasteiger partial charge in [-0.2, -0.15) is 0 Å². The lowest BCUT2D eigenvalue weighted by Gasteiger charge is -2.25. The zero-order chi connectivity index (χ0) is 18.9. The first-order chi connectivity index (χ1) is 12.5. The Morgan fingerprint density at radius 3 is 2.62 bits per heavy atom. The fourth-order valence-corrected chi connectivity index (χ4v) is 3.04. The summed E-state index contributed by atoms with van der Waals surface area (Å²) < 4.78 is 18.5. The fraction of sp³-hybridized carbons (Fsp3) is 0.579. The molecule has 1 aromatic rings. The molecule has 1 aliphatic rings. The fourth-order valence-electron chi connectivity index (χ4n) is 3.04. The largest absolute Gasteiger partial charge is 0.484 e. The highest BCUT2D eigenvalue weighted by molar-refractivity contribution is 5.78. The molecule has 7 heteroatoms. The van der Waals surface area contributed by atoms with E-state index in [4.69, 9.17) is 4.74 Å². The monoisotopic (exact) mass is 365 g/mol. The third-order valence-corrected chi connectivity index (χ3v) is 4.57. The van der Waals surface area contributed by atoms with Crippen molar-refractivity contribution in [2.24, 2.45) is 0 Å². The Hall–Kier alpha value is -2.15. The van der Waals surface area contributed by atoms with Gasteiger partial charge in [-0.05, 0) is 32.4 Å². The molecule has 1 aliphatic heterocycles. The summed E-state index contributed by atoms with van der Waals surface area (Å²) in [5, 5.41) is 0. The predicted molar refractivity (Wildman–Crippen MR) is 97.5 cm³/mol. The van der Waals surface area contributed by atoms with E-state index in [0.29, 0.717) is 45.0 Å². The minimum absolute atomic E-state index is 0.109. The molecule has 0 aliphatic carbocycles. The molecule has 0 saturated carbocycles. The van der Waals surface area contributed by atoms with E-state index in [1.54, 1.807) is 17.0 Å². The van der Waals surface area contributed by atoms with E-state index >= 15 is 0 Å². The van der Waals surface area contributed by atoms with E-state index in [2.05, 4.69) is 4.90 Å². The standard InChI is InChI=1S/C19H28FN3O3/c1-3-22(4-2)18(24)14-21-9-6-10-23(12-11-21)19(25)15-26-17-8-5-7-16(20)13-17/h5,7-8,13H,3-4,6,9-12,14-15H2,1-2H3. The number of carbonyl (C=O) groups excluding carboxylic acids is 2. The number of rotatable bonds is 7. The van der Waals surface area contributed by atoms with Crippen molar-refractivity contribution in [2.75, 3.05) is 52.4 Å². The molecule has 1 aromatic carbocycles. The van der Waals surface area contributed by atoms with E-state index in [9.17, 15) is 14.0 Å². The van der Waals surface area contributed by atoms with Crippen LogP contribution in [0.5, 0.6) is 5.75 Å². The Morgan fingerprint density at radius 2 is 1.92 bits per heavy atom. The maximum absolute atomic E-state index is 13.1. The molecule has 6 nitrogen and oxygen atoms in total. The molecule has 0 aromatic heterocycles. The van der Waals surface area contributed by atoms with Gasteiger partial charge in [0.05, 0.1) is 6.54 Å². The van der Waals surface area contributed by atoms with Gasteiger partial charge in [-0.15, -0.1) is 0 Å². The average molecular weight is 365 g/mol. The second-order valence-corrected chi connectivity index (χ2v) is 6.32. The SMILES string of the molecule is CCN(CC)C(=O)CN1CCCN(C(=O)COc2cccc(F)c2)CC1. The van der Waals surface area contributed by atoms with Crippen LogP contribution in [-0.2, 0) is 9.59 Å². The first-order valence-corrected chi connectivity index (χ1v) is 9.19. The van der Waals surface area contributed by atoms with E-state index in [0.717, 1.165) is 13.0 Å². The number of nitrogens with zero attached hydrogens (tertiary/aromatic N) is 3. The Balaban J connectivity index is 1.80. The lowest BCUT2D eigenvalue weighted by atomic mass is 10.3. The highest BCUT2D eigenvalue weighted by Gasteiger charge is 2.22. The van der Waals surface area contributed by atoms with Crippen LogP contribution in [0.25, 0.3) is 0 Å². The molecule has 1 saturated heterocycles. The highest BCUT2D eigenvalue weighted by Crippen LogP contribution is 2.12. The molecule has 1 fully saturated rings. The molecular formula is C19H28FN3O3. The normalized spacial score (nSPS) is 15.4. The van der Waals surface area contributed by atoms with Crippen molar-refractivity contribution in [1.29, 1.82) is 0 Å². The van der Waals surface area contributed by atoms with Gasteiger partial charge in [-0.3, -0.25) is 14.5 Å². The minimum atomic E-state index is -0.391. The summed E-state index contributed by atoms with van der Waals surface area (Å²) in [6, 6.07) is 5.76. The van der Waals surface area contributed by atoms with Crippen molar-refractivity contribution in [3.63, 3.8) is 0 Å². The average Bonchev–Trinajstić information content (AvgIpc) is 2.86. The van der Waals surface area contributed by atoms with Gasteiger partial charge < -0.3 is 14.5 Å². The lowest BCUT2D eigenvalue weighted by molar-refractivity contribution is -0.133. The van der Waals surface area contributed by atoms with Crippen LogP contribution in [0.1, 0.15) is 20.3 Å². The molecule has 0 unspecified atom stereocenters. The second-order valence-electron chi connectivity index (χ2n) is 6.32. The molecular weight excluding hydrogens is 337 g/mol. The number of likely N-dealkylation sites (N-methyl/N-ethyl adjacent to an activating group) is 1. The zero-order valence-electron chi connectivity index (χ0n) is 15.6. The molecule has 26 heavy (non-hydrogen) atoms. The number of carbonyl (C=O) groups is 2. The Bertz CT molecular complexity index is 607. The van der Waals surface area contributed by atoms with Gasteiger partial charge in [0.1, 0.15) is 11.6 Å². The van der Waals surface area contributed by atoms with Crippen LogP contribution in [0, 0.1) is 5.82 Å². The lowest BCUT2D eigenvalue weighted by Crippen LogP contribution is -2.42. The molecule has 0 N–H and O–H groups in total. The van der Waals surface area contributed by atoms with Crippen molar-refractivity contribution in [3.8, 4) is 5.75 Å². The molecule has 144 valence electrons. The van der Waals surface area contributed by atoms with Gasteiger partial charge in [0.25, 0.3) is 5.91 Å². The van der Waals surface area contributed by atoms with Crippen LogP contribution in [0.15, 0.2) is 24.3 Å². The summed E-state index contributed by atoms with van der Waals surface area (Å²) in [7, 11) is 0. The maximum Gasteiger partial charge on any atom is 0.260 e. The number of hydrogen-bond acceptors (Lipinski definition) is 4.